The molecule has 0 saturated heterocycles. The second-order valence-electron chi connectivity index (χ2n) is 6.70. The normalized spacial score (nSPS) is 11.0. The van der Waals surface area contributed by atoms with Gasteiger partial charge in [0.05, 0.1) is 11.2 Å². The molecule has 0 bridgehead atoms. The highest BCUT2D eigenvalue weighted by Crippen LogP contribution is 2.36. The van der Waals surface area contributed by atoms with Gasteiger partial charge in [0.2, 0.25) is 0 Å². The fourth-order valence-electron chi connectivity index (χ4n) is 2.86. The lowest BCUT2D eigenvalue weighted by atomic mass is 10.2. The van der Waals surface area contributed by atoms with Crippen molar-refractivity contribution >= 4 is 67.0 Å². The molecular formula is C24H16BrClN2O4S. The number of benzene rings is 3. The number of fused-ring (bicyclic) bond motifs is 1. The van der Waals surface area contributed by atoms with Crippen LogP contribution in [0.2, 0.25) is 5.02 Å². The van der Waals surface area contributed by atoms with E-state index in [9.17, 15) is 9.59 Å². The standard InChI is InChI=1S/C24H16BrClN2O4S/c25-16-9-11-17(12-10-16)31-14-21(29)28-27-13-15-5-1-3-7-19(15)32-24(30)23-22(26)18-6-2-4-8-20(18)33-23/h1-13H,14H2,(H,28,29)/b27-13-. The number of halogens is 2. The Kier molecular flexibility index (Phi) is 7.39. The van der Waals surface area contributed by atoms with Crippen LogP contribution in [0.25, 0.3) is 10.1 Å². The summed E-state index contributed by atoms with van der Waals surface area (Å²) in [6, 6.07) is 21.5. The van der Waals surface area contributed by atoms with Crippen LogP contribution in [0.5, 0.6) is 11.5 Å². The minimum absolute atomic E-state index is 0.194. The number of amides is 1. The summed E-state index contributed by atoms with van der Waals surface area (Å²) in [4.78, 5) is 25.1. The van der Waals surface area contributed by atoms with Crippen LogP contribution in [-0.4, -0.2) is 24.7 Å². The number of ether oxygens (including phenoxy) is 2. The van der Waals surface area contributed by atoms with Gasteiger partial charge in [0.25, 0.3) is 5.91 Å². The molecular weight excluding hydrogens is 528 g/mol. The van der Waals surface area contributed by atoms with Gasteiger partial charge in [-0.3, -0.25) is 4.79 Å². The van der Waals surface area contributed by atoms with Crippen LogP contribution in [-0.2, 0) is 4.79 Å². The molecule has 33 heavy (non-hydrogen) atoms. The molecule has 3 aromatic carbocycles. The zero-order valence-corrected chi connectivity index (χ0v) is 20.1. The number of esters is 1. The molecule has 6 nitrogen and oxygen atoms in total. The Morgan fingerprint density at radius 1 is 1.03 bits per heavy atom. The lowest BCUT2D eigenvalue weighted by molar-refractivity contribution is -0.123. The van der Waals surface area contributed by atoms with E-state index in [2.05, 4.69) is 26.5 Å². The molecule has 0 unspecified atom stereocenters. The topological polar surface area (TPSA) is 77.0 Å². The minimum atomic E-state index is -0.561. The Balaban J connectivity index is 1.39. The van der Waals surface area contributed by atoms with Gasteiger partial charge in [-0.1, -0.05) is 57.9 Å². The number of hydrogen-bond donors (Lipinski definition) is 1. The van der Waals surface area contributed by atoms with Crippen molar-refractivity contribution in [3.05, 3.63) is 92.7 Å². The van der Waals surface area contributed by atoms with Crippen LogP contribution in [0.1, 0.15) is 15.2 Å². The second kappa shape index (κ2) is 10.6. The quantitative estimate of drug-likeness (QED) is 0.133. The summed E-state index contributed by atoms with van der Waals surface area (Å²) < 4.78 is 12.8. The van der Waals surface area contributed by atoms with Crippen LogP contribution in [0.15, 0.2) is 82.4 Å². The van der Waals surface area contributed by atoms with E-state index in [1.54, 1.807) is 36.4 Å². The molecule has 1 N–H and O–H groups in total. The Bertz CT molecular complexity index is 1340. The zero-order valence-electron chi connectivity index (χ0n) is 17.0. The number of carbonyl (C=O) groups is 2. The van der Waals surface area contributed by atoms with Crippen LogP contribution in [0.4, 0.5) is 0 Å². The average molecular weight is 544 g/mol. The van der Waals surface area contributed by atoms with Crippen LogP contribution >= 0.6 is 38.9 Å². The van der Waals surface area contributed by atoms with E-state index in [-0.39, 0.29) is 6.61 Å². The summed E-state index contributed by atoms with van der Waals surface area (Å²) in [5, 5.41) is 5.10. The summed E-state index contributed by atoms with van der Waals surface area (Å²) in [6.07, 6.45) is 1.40. The van der Waals surface area contributed by atoms with Crippen molar-refractivity contribution < 1.29 is 19.1 Å². The minimum Gasteiger partial charge on any atom is -0.484 e. The largest absolute Gasteiger partial charge is 0.484 e. The highest BCUT2D eigenvalue weighted by atomic mass is 79.9. The van der Waals surface area contributed by atoms with Crippen LogP contribution in [0, 0.1) is 0 Å². The van der Waals surface area contributed by atoms with E-state index in [1.807, 2.05) is 36.4 Å². The lowest BCUT2D eigenvalue weighted by Gasteiger charge is -2.07. The third-order valence-corrected chi connectivity index (χ3v) is 6.60. The first-order valence-electron chi connectivity index (χ1n) is 9.70. The van der Waals surface area contributed by atoms with Crippen LogP contribution < -0.4 is 14.9 Å². The molecule has 0 saturated carbocycles. The number of hydrogen-bond acceptors (Lipinski definition) is 6. The number of nitrogens with one attached hydrogen (secondary N) is 1. The van der Waals surface area contributed by atoms with Crippen molar-refractivity contribution in [1.82, 2.24) is 5.43 Å². The molecule has 0 aliphatic carbocycles. The fraction of sp³-hybridized carbons (Fsp3) is 0.0417. The molecule has 0 radical (unpaired) electrons. The van der Waals surface area contributed by atoms with Gasteiger partial charge in [0.1, 0.15) is 16.4 Å². The van der Waals surface area contributed by atoms with Crippen molar-refractivity contribution in [2.75, 3.05) is 6.61 Å². The predicted molar refractivity (Wildman–Crippen MR) is 134 cm³/mol. The molecule has 1 aromatic heterocycles. The van der Waals surface area contributed by atoms with Gasteiger partial charge in [0, 0.05) is 20.1 Å². The maximum atomic E-state index is 12.7. The van der Waals surface area contributed by atoms with Gasteiger partial charge in [-0.15, -0.1) is 11.3 Å². The maximum absolute atomic E-state index is 12.7. The molecule has 0 spiro atoms. The van der Waals surface area contributed by atoms with Gasteiger partial charge in [-0.05, 0) is 42.5 Å². The van der Waals surface area contributed by atoms with Crippen molar-refractivity contribution in [3.8, 4) is 11.5 Å². The molecule has 1 amide bonds. The van der Waals surface area contributed by atoms with Crippen molar-refractivity contribution in [2.24, 2.45) is 5.10 Å². The molecule has 0 aliphatic rings. The molecule has 166 valence electrons. The highest BCUT2D eigenvalue weighted by molar-refractivity contribution is 9.10. The Hall–Kier alpha value is -3.20. The Morgan fingerprint density at radius 3 is 2.55 bits per heavy atom. The van der Waals surface area contributed by atoms with E-state index in [0.717, 1.165) is 14.6 Å². The Morgan fingerprint density at radius 2 is 1.76 bits per heavy atom. The monoisotopic (exact) mass is 542 g/mol. The smallest absolute Gasteiger partial charge is 0.355 e. The molecule has 0 fully saturated rings. The summed E-state index contributed by atoms with van der Waals surface area (Å²) in [5.74, 6) is -0.135. The van der Waals surface area contributed by atoms with Crippen molar-refractivity contribution in [1.29, 1.82) is 0 Å². The molecule has 0 aliphatic heterocycles. The molecule has 1 heterocycles. The van der Waals surface area contributed by atoms with E-state index in [1.165, 1.54) is 17.6 Å². The number of nitrogens with zero attached hydrogens (tertiary/aromatic N) is 1. The summed E-state index contributed by atoms with van der Waals surface area (Å²) in [6.45, 7) is -0.194. The van der Waals surface area contributed by atoms with Crippen LogP contribution in [0.3, 0.4) is 0 Å². The third kappa shape index (κ3) is 5.78. The summed E-state index contributed by atoms with van der Waals surface area (Å²) in [7, 11) is 0. The lowest BCUT2D eigenvalue weighted by Crippen LogP contribution is -2.24. The first-order chi connectivity index (χ1) is 16.0. The number of hydrazone groups is 1. The summed E-state index contributed by atoms with van der Waals surface area (Å²) >= 11 is 11.0. The zero-order chi connectivity index (χ0) is 23.2. The maximum Gasteiger partial charge on any atom is 0.355 e. The van der Waals surface area contributed by atoms with Gasteiger partial charge in [-0.25, -0.2) is 10.2 Å². The molecule has 9 heteroatoms. The van der Waals surface area contributed by atoms with Crippen molar-refractivity contribution in [3.63, 3.8) is 0 Å². The molecule has 0 atom stereocenters. The highest BCUT2D eigenvalue weighted by Gasteiger charge is 2.19. The predicted octanol–water partition coefficient (Wildman–Crippen LogP) is 6.07. The SMILES string of the molecule is O=C(COc1ccc(Br)cc1)N/N=C\c1ccccc1OC(=O)c1sc2ccccc2c1Cl. The van der Waals surface area contributed by atoms with Gasteiger partial charge in [-0.2, -0.15) is 5.10 Å². The van der Waals surface area contributed by atoms with E-state index >= 15 is 0 Å². The summed E-state index contributed by atoms with van der Waals surface area (Å²) in [5.41, 5.74) is 2.90. The second-order valence-corrected chi connectivity index (χ2v) is 9.05. The average Bonchev–Trinajstić information content (AvgIpc) is 3.16. The van der Waals surface area contributed by atoms with E-state index in [4.69, 9.17) is 21.1 Å². The number of para-hydroxylation sites is 1. The first kappa shape index (κ1) is 23.0. The number of carbonyl (C=O) groups excluding carboxylic acids is 2. The van der Waals surface area contributed by atoms with E-state index in [0.29, 0.717) is 27.0 Å². The van der Waals surface area contributed by atoms with Crippen molar-refractivity contribution in [2.45, 2.75) is 0 Å². The Labute approximate surface area is 206 Å². The van der Waals surface area contributed by atoms with Gasteiger partial charge < -0.3 is 9.47 Å². The first-order valence-corrected chi connectivity index (χ1v) is 11.7. The number of rotatable bonds is 7. The van der Waals surface area contributed by atoms with Gasteiger partial charge in [0.15, 0.2) is 6.61 Å². The number of thiophene rings is 1. The molecule has 4 aromatic rings. The molecule has 4 rings (SSSR count). The third-order valence-electron chi connectivity index (χ3n) is 4.42. The van der Waals surface area contributed by atoms with E-state index < -0.39 is 11.9 Å². The fourth-order valence-corrected chi connectivity index (χ4v) is 4.51. The van der Waals surface area contributed by atoms with Gasteiger partial charge >= 0.3 is 5.97 Å².